The lowest BCUT2D eigenvalue weighted by Crippen LogP contribution is -2.11. The number of aromatic carboxylic acids is 1. The molecule has 74 valence electrons. The molecule has 1 aromatic rings. The lowest BCUT2D eigenvalue weighted by atomic mass is 10.1. The Balaban J connectivity index is 2.49. The van der Waals surface area contributed by atoms with Crippen LogP contribution in [0.3, 0.4) is 0 Å². The summed E-state index contributed by atoms with van der Waals surface area (Å²) in [5, 5.41) is 8.56. The molecule has 0 saturated carbocycles. The first-order chi connectivity index (χ1) is 6.50. The minimum absolute atomic E-state index is 0.134. The summed E-state index contributed by atoms with van der Waals surface area (Å²) < 4.78 is 25.6. The van der Waals surface area contributed by atoms with Crippen molar-refractivity contribution in [3.8, 4) is 5.75 Å². The molecular formula is C8H4F2O4. The summed E-state index contributed by atoms with van der Waals surface area (Å²) in [7, 11) is 0. The van der Waals surface area contributed by atoms with Gasteiger partial charge in [0.15, 0.2) is 5.75 Å². The van der Waals surface area contributed by atoms with E-state index in [9.17, 15) is 13.6 Å². The molecule has 1 aliphatic heterocycles. The quantitative estimate of drug-likeness (QED) is 0.705. The van der Waals surface area contributed by atoms with Gasteiger partial charge in [-0.05, 0) is 18.2 Å². The predicted molar refractivity (Wildman–Crippen MR) is 39.0 cm³/mol. The highest BCUT2D eigenvalue weighted by atomic mass is 19.3. The topological polar surface area (TPSA) is 55.8 Å². The second kappa shape index (κ2) is 2.65. The molecule has 0 aromatic heterocycles. The predicted octanol–water partition coefficient (Wildman–Crippen LogP) is 1.76. The standard InChI is InChI=1S/C8H4F2O4/c9-8(10)5-2-1-4(7(11)12)3-6(5)13-14-8/h1-3H,(H,11,12). The highest BCUT2D eigenvalue weighted by Gasteiger charge is 2.44. The first kappa shape index (κ1) is 8.89. The Morgan fingerprint density at radius 1 is 1.43 bits per heavy atom. The second-order valence-corrected chi connectivity index (χ2v) is 2.70. The molecular weight excluding hydrogens is 198 g/mol. The van der Waals surface area contributed by atoms with Crippen molar-refractivity contribution in [1.29, 1.82) is 0 Å². The molecule has 0 bridgehead atoms. The minimum Gasteiger partial charge on any atom is -0.478 e. The number of alkyl halides is 2. The first-order valence-electron chi connectivity index (χ1n) is 3.62. The van der Waals surface area contributed by atoms with Gasteiger partial charge in [-0.1, -0.05) is 0 Å². The third-order valence-electron chi connectivity index (χ3n) is 1.78. The Morgan fingerprint density at radius 3 is 2.79 bits per heavy atom. The third kappa shape index (κ3) is 1.20. The van der Waals surface area contributed by atoms with Gasteiger partial charge < -0.3 is 9.99 Å². The molecule has 14 heavy (non-hydrogen) atoms. The molecule has 1 heterocycles. The van der Waals surface area contributed by atoms with Gasteiger partial charge in [-0.3, -0.25) is 0 Å². The molecule has 6 heteroatoms. The Kier molecular flexibility index (Phi) is 1.68. The molecule has 0 spiro atoms. The fraction of sp³-hybridized carbons (Fsp3) is 0.125. The average Bonchev–Trinajstić information content (AvgIpc) is 2.42. The molecule has 0 saturated heterocycles. The number of carbonyl (C=O) groups is 1. The third-order valence-corrected chi connectivity index (χ3v) is 1.78. The monoisotopic (exact) mass is 202 g/mol. The summed E-state index contributed by atoms with van der Waals surface area (Å²) in [5.41, 5.74) is -0.604. The zero-order chi connectivity index (χ0) is 10.3. The van der Waals surface area contributed by atoms with Crippen LogP contribution in [0.1, 0.15) is 15.9 Å². The fourth-order valence-electron chi connectivity index (χ4n) is 1.11. The summed E-state index contributed by atoms with van der Waals surface area (Å²) in [5.74, 6) is -1.48. The number of halogens is 2. The highest BCUT2D eigenvalue weighted by molar-refractivity contribution is 5.88. The molecule has 0 unspecified atom stereocenters. The lowest BCUT2D eigenvalue weighted by Gasteiger charge is -2.02. The van der Waals surface area contributed by atoms with Gasteiger partial charge in [-0.15, -0.1) is 4.89 Å². The maximum absolute atomic E-state index is 12.8. The van der Waals surface area contributed by atoms with E-state index in [1.165, 1.54) is 0 Å². The fourth-order valence-corrected chi connectivity index (χ4v) is 1.11. The molecule has 1 aromatic carbocycles. The van der Waals surface area contributed by atoms with Crippen molar-refractivity contribution in [1.82, 2.24) is 0 Å². The maximum Gasteiger partial charge on any atom is 0.421 e. The van der Waals surface area contributed by atoms with Gasteiger partial charge in [-0.2, -0.15) is 8.78 Å². The summed E-state index contributed by atoms with van der Waals surface area (Å²) in [6, 6.07) is 3.01. The van der Waals surface area contributed by atoms with Gasteiger partial charge in [-0.25, -0.2) is 4.79 Å². The van der Waals surface area contributed by atoms with E-state index >= 15 is 0 Å². The number of hydrogen-bond donors (Lipinski definition) is 1. The van der Waals surface area contributed by atoms with E-state index in [1.54, 1.807) is 0 Å². The molecule has 1 aliphatic rings. The minimum atomic E-state index is -3.51. The van der Waals surface area contributed by atoms with E-state index in [2.05, 4.69) is 9.78 Å². The second-order valence-electron chi connectivity index (χ2n) is 2.70. The Morgan fingerprint density at radius 2 is 2.14 bits per heavy atom. The van der Waals surface area contributed by atoms with Gasteiger partial charge >= 0.3 is 12.1 Å². The number of fused-ring (bicyclic) bond motifs is 1. The van der Waals surface area contributed by atoms with Crippen molar-refractivity contribution in [2.45, 2.75) is 6.11 Å². The first-order valence-corrected chi connectivity index (χ1v) is 3.62. The van der Waals surface area contributed by atoms with Crippen molar-refractivity contribution in [2.24, 2.45) is 0 Å². The average molecular weight is 202 g/mol. The number of carboxylic acids is 1. The summed E-state index contributed by atoms with van der Waals surface area (Å²) in [4.78, 5) is 18.4. The van der Waals surface area contributed by atoms with E-state index in [0.717, 1.165) is 18.2 Å². The number of rotatable bonds is 1. The van der Waals surface area contributed by atoms with Gasteiger partial charge in [0.1, 0.15) is 5.56 Å². The Bertz CT molecular complexity index is 402. The van der Waals surface area contributed by atoms with Crippen LogP contribution < -0.4 is 4.89 Å². The van der Waals surface area contributed by atoms with Crippen LogP contribution in [0.15, 0.2) is 18.2 Å². The Hall–Kier alpha value is -1.69. The van der Waals surface area contributed by atoms with E-state index in [-0.39, 0.29) is 11.3 Å². The van der Waals surface area contributed by atoms with Crippen LogP contribution in [0.4, 0.5) is 8.78 Å². The van der Waals surface area contributed by atoms with E-state index in [1.807, 2.05) is 0 Å². The van der Waals surface area contributed by atoms with Crippen molar-refractivity contribution >= 4 is 5.97 Å². The largest absolute Gasteiger partial charge is 0.478 e. The van der Waals surface area contributed by atoms with Crippen LogP contribution in [0, 0.1) is 0 Å². The summed E-state index contributed by atoms with van der Waals surface area (Å²) >= 11 is 0. The zero-order valence-corrected chi connectivity index (χ0v) is 6.66. The molecule has 4 nitrogen and oxygen atoms in total. The van der Waals surface area contributed by atoms with Gasteiger partial charge in [0, 0.05) is 0 Å². The SMILES string of the molecule is O=C(O)c1ccc2c(c1)OOC2(F)F. The molecule has 0 amide bonds. The van der Waals surface area contributed by atoms with E-state index in [0.29, 0.717) is 0 Å². The lowest BCUT2D eigenvalue weighted by molar-refractivity contribution is -0.376. The normalized spacial score (nSPS) is 17.3. The molecule has 0 aliphatic carbocycles. The Labute approximate surface area is 76.6 Å². The van der Waals surface area contributed by atoms with Gasteiger partial charge in [0.05, 0.1) is 5.56 Å². The number of carboxylic acid groups (broad SMARTS) is 1. The smallest absolute Gasteiger partial charge is 0.421 e. The zero-order valence-electron chi connectivity index (χ0n) is 6.66. The molecule has 0 atom stereocenters. The van der Waals surface area contributed by atoms with Crippen molar-refractivity contribution in [2.75, 3.05) is 0 Å². The highest BCUT2D eigenvalue weighted by Crippen LogP contribution is 2.42. The maximum atomic E-state index is 12.8. The van der Waals surface area contributed by atoms with Crippen LogP contribution >= 0.6 is 0 Å². The number of hydrogen-bond acceptors (Lipinski definition) is 3. The molecule has 0 radical (unpaired) electrons. The number of benzene rings is 1. The van der Waals surface area contributed by atoms with Crippen molar-refractivity contribution < 1.29 is 28.5 Å². The molecule has 0 fully saturated rings. The van der Waals surface area contributed by atoms with Crippen molar-refractivity contribution in [3.05, 3.63) is 29.3 Å². The van der Waals surface area contributed by atoms with Gasteiger partial charge in [0.2, 0.25) is 0 Å². The van der Waals surface area contributed by atoms with Crippen molar-refractivity contribution in [3.63, 3.8) is 0 Å². The molecule has 1 N–H and O–H groups in total. The van der Waals surface area contributed by atoms with Crippen LogP contribution in [-0.2, 0) is 11.0 Å². The van der Waals surface area contributed by atoms with E-state index in [4.69, 9.17) is 5.11 Å². The molecule has 2 rings (SSSR count). The van der Waals surface area contributed by atoms with Crippen LogP contribution in [0.5, 0.6) is 5.75 Å². The summed E-state index contributed by atoms with van der Waals surface area (Å²) in [6.07, 6.45) is -3.51. The van der Waals surface area contributed by atoms with Gasteiger partial charge in [0.25, 0.3) is 0 Å². The van der Waals surface area contributed by atoms with Crippen LogP contribution in [-0.4, -0.2) is 11.1 Å². The van der Waals surface area contributed by atoms with Crippen LogP contribution in [0.25, 0.3) is 0 Å². The van der Waals surface area contributed by atoms with E-state index < -0.39 is 17.6 Å². The summed E-state index contributed by atoms with van der Waals surface area (Å²) in [6.45, 7) is 0. The van der Waals surface area contributed by atoms with Crippen LogP contribution in [0.2, 0.25) is 0 Å².